The summed E-state index contributed by atoms with van der Waals surface area (Å²) in [5, 5.41) is 0. The first-order valence-corrected chi connectivity index (χ1v) is 11.1. The molecule has 3 nitrogen and oxygen atoms in total. The van der Waals surface area contributed by atoms with Crippen LogP contribution in [0.15, 0.2) is 42.5 Å². The van der Waals surface area contributed by atoms with E-state index in [4.69, 9.17) is 4.74 Å². The maximum atomic E-state index is 14.0. The highest BCUT2D eigenvalue weighted by Gasteiger charge is 2.36. The Morgan fingerprint density at radius 2 is 1.65 bits per heavy atom. The normalized spacial score (nSPS) is 18.2. The van der Waals surface area contributed by atoms with Crippen LogP contribution in [-0.2, 0) is 9.53 Å². The van der Waals surface area contributed by atoms with E-state index < -0.39 is 23.8 Å². The first kappa shape index (κ1) is 23.3. The minimum atomic E-state index is -0.953. The first-order chi connectivity index (χ1) is 15.0. The Bertz CT molecular complexity index is 868. The van der Waals surface area contributed by atoms with Gasteiger partial charge in [-0.15, -0.1) is 0 Å². The molecule has 1 amide bonds. The van der Waals surface area contributed by atoms with Gasteiger partial charge in [0.05, 0.1) is 12.6 Å². The molecule has 0 aromatic heterocycles. The SMILES string of the molecule is CC.O=C1CCCCN1[C@@H](c1ccc(F)cc1)[C@H](OCC1CC1)c1ccc(F)c(F)c1. The number of amides is 1. The van der Waals surface area contributed by atoms with Crippen LogP contribution in [0, 0.1) is 23.4 Å². The predicted molar refractivity (Wildman–Crippen MR) is 114 cm³/mol. The monoisotopic (exact) mass is 433 g/mol. The fourth-order valence-corrected chi connectivity index (χ4v) is 3.88. The summed E-state index contributed by atoms with van der Waals surface area (Å²) in [5.74, 6) is -1.81. The van der Waals surface area contributed by atoms with Gasteiger partial charge in [0.1, 0.15) is 11.9 Å². The predicted octanol–water partition coefficient (Wildman–Crippen LogP) is 6.35. The minimum Gasteiger partial charge on any atom is -0.371 e. The van der Waals surface area contributed by atoms with Crippen molar-refractivity contribution in [2.75, 3.05) is 13.2 Å². The van der Waals surface area contributed by atoms with E-state index in [1.165, 1.54) is 18.2 Å². The molecule has 1 aliphatic heterocycles. The molecule has 0 N–H and O–H groups in total. The minimum absolute atomic E-state index is 0.00631. The zero-order chi connectivity index (χ0) is 22.4. The molecule has 2 atom stereocenters. The molecular formula is C25H30F3NO2. The van der Waals surface area contributed by atoms with Gasteiger partial charge in [0.15, 0.2) is 11.6 Å². The summed E-state index contributed by atoms with van der Waals surface area (Å²) in [7, 11) is 0. The molecule has 1 saturated heterocycles. The molecule has 2 aromatic rings. The van der Waals surface area contributed by atoms with Crippen molar-refractivity contribution in [2.45, 2.75) is 58.1 Å². The van der Waals surface area contributed by atoms with Crippen molar-refractivity contribution < 1.29 is 22.7 Å². The number of piperidine rings is 1. The molecule has 1 aliphatic carbocycles. The fourth-order valence-electron chi connectivity index (χ4n) is 3.88. The largest absolute Gasteiger partial charge is 0.371 e. The van der Waals surface area contributed by atoms with Crippen molar-refractivity contribution >= 4 is 5.91 Å². The quantitative estimate of drug-likeness (QED) is 0.509. The number of ether oxygens (including phenoxy) is 1. The van der Waals surface area contributed by atoms with Crippen LogP contribution in [0.3, 0.4) is 0 Å². The lowest BCUT2D eigenvalue weighted by Crippen LogP contribution is -2.41. The molecule has 6 heteroatoms. The summed E-state index contributed by atoms with van der Waals surface area (Å²) in [4.78, 5) is 14.5. The van der Waals surface area contributed by atoms with Crippen LogP contribution in [-0.4, -0.2) is 24.0 Å². The van der Waals surface area contributed by atoms with Gasteiger partial charge in [-0.1, -0.05) is 32.0 Å². The Kier molecular flexibility index (Phi) is 8.13. The van der Waals surface area contributed by atoms with Crippen LogP contribution >= 0.6 is 0 Å². The van der Waals surface area contributed by atoms with Crippen molar-refractivity contribution in [2.24, 2.45) is 5.92 Å². The van der Waals surface area contributed by atoms with Crippen molar-refractivity contribution in [3.63, 3.8) is 0 Å². The molecular weight excluding hydrogens is 403 g/mol. The van der Waals surface area contributed by atoms with Gasteiger partial charge in [0.2, 0.25) is 5.91 Å². The van der Waals surface area contributed by atoms with Gasteiger partial charge in [0, 0.05) is 13.0 Å². The van der Waals surface area contributed by atoms with Crippen LogP contribution < -0.4 is 0 Å². The maximum Gasteiger partial charge on any atom is 0.223 e. The van der Waals surface area contributed by atoms with Crippen molar-refractivity contribution in [3.05, 3.63) is 71.0 Å². The third-order valence-corrected chi connectivity index (χ3v) is 5.67. The van der Waals surface area contributed by atoms with Crippen molar-refractivity contribution in [1.82, 2.24) is 4.90 Å². The van der Waals surface area contributed by atoms with Gasteiger partial charge in [0.25, 0.3) is 0 Å². The van der Waals surface area contributed by atoms with E-state index >= 15 is 0 Å². The second-order valence-electron chi connectivity index (χ2n) is 7.91. The number of hydrogen-bond acceptors (Lipinski definition) is 2. The first-order valence-electron chi connectivity index (χ1n) is 11.1. The van der Waals surface area contributed by atoms with Gasteiger partial charge >= 0.3 is 0 Å². The Hall–Kier alpha value is -2.34. The lowest BCUT2D eigenvalue weighted by atomic mass is 9.92. The second kappa shape index (κ2) is 10.8. The number of halogens is 3. The van der Waals surface area contributed by atoms with Crippen LogP contribution in [0.5, 0.6) is 0 Å². The van der Waals surface area contributed by atoms with Crippen molar-refractivity contribution in [3.8, 4) is 0 Å². The van der Waals surface area contributed by atoms with Crippen LogP contribution in [0.4, 0.5) is 13.2 Å². The molecule has 0 radical (unpaired) electrons. The summed E-state index contributed by atoms with van der Waals surface area (Å²) in [6.45, 7) is 5.04. The summed E-state index contributed by atoms with van der Waals surface area (Å²) in [5.41, 5.74) is 1.18. The van der Waals surface area contributed by atoms with Gasteiger partial charge in [-0.2, -0.15) is 0 Å². The number of benzene rings is 2. The molecule has 0 spiro atoms. The molecule has 0 bridgehead atoms. The fraction of sp³-hybridized carbons (Fsp3) is 0.480. The van der Waals surface area contributed by atoms with Gasteiger partial charge < -0.3 is 9.64 Å². The van der Waals surface area contributed by atoms with Crippen LogP contribution in [0.2, 0.25) is 0 Å². The Morgan fingerprint density at radius 3 is 2.26 bits per heavy atom. The zero-order valence-corrected chi connectivity index (χ0v) is 18.1. The lowest BCUT2D eigenvalue weighted by Gasteiger charge is -2.39. The van der Waals surface area contributed by atoms with Gasteiger partial charge in [-0.3, -0.25) is 4.79 Å². The highest BCUT2D eigenvalue weighted by atomic mass is 19.2. The number of hydrogen-bond donors (Lipinski definition) is 0. The Balaban J connectivity index is 0.00000132. The summed E-state index contributed by atoms with van der Waals surface area (Å²) >= 11 is 0. The van der Waals surface area contributed by atoms with E-state index in [1.807, 2.05) is 13.8 Å². The number of nitrogens with zero attached hydrogens (tertiary/aromatic N) is 1. The number of rotatable bonds is 7. The van der Waals surface area contributed by atoms with Gasteiger partial charge in [-0.25, -0.2) is 13.2 Å². The van der Waals surface area contributed by atoms with E-state index in [0.29, 0.717) is 36.6 Å². The highest BCUT2D eigenvalue weighted by Crippen LogP contribution is 2.41. The van der Waals surface area contributed by atoms with E-state index in [9.17, 15) is 18.0 Å². The average molecular weight is 434 g/mol. The van der Waals surface area contributed by atoms with Crippen LogP contribution in [0.25, 0.3) is 0 Å². The number of carbonyl (C=O) groups excluding carboxylic acids is 1. The van der Waals surface area contributed by atoms with E-state index in [0.717, 1.165) is 37.8 Å². The molecule has 168 valence electrons. The standard InChI is InChI=1S/C23H24F3NO2.C2H6/c24-18-9-6-16(7-10-18)22(27-12-2-1-3-21(27)28)23(29-14-15-4-5-15)17-8-11-19(25)20(26)13-17;1-2/h6-11,13,15,22-23H,1-5,12,14H2;1-2H3/t22-,23+;/m0./s1. The molecule has 1 saturated carbocycles. The average Bonchev–Trinajstić information content (AvgIpc) is 3.61. The maximum absolute atomic E-state index is 14.0. The highest BCUT2D eigenvalue weighted by molar-refractivity contribution is 5.77. The number of likely N-dealkylation sites (tertiary alicyclic amines) is 1. The molecule has 2 aromatic carbocycles. The lowest BCUT2D eigenvalue weighted by molar-refractivity contribution is -0.141. The Morgan fingerprint density at radius 1 is 0.968 bits per heavy atom. The zero-order valence-electron chi connectivity index (χ0n) is 18.1. The molecule has 2 aliphatic rings. The third kappa shape index (κ3) is 5.88. The smallest absolute Gasteiger partial charge is 0.223 e. The van der Waals surface area contributed by atoms with Crippen LogP contribution in [0.1, 0.15) is 69.2 Å². The molecule has 0 unspecified atom stereocenters. The summed E-state index contributed by atoms with van der Waals surface area (Å²) < 4.78 is 47.3. The van der Waals surface area contributed by atoms with E-state index in [1.54, 1.807) is 17.0 Å². The van der Waals surface area contributed by atoms with Gasteiger partial charge in [-0.05, 0) is 67.0 Å². The molecule has 2 fully saturated rings. The van der Waals surface area contributed by atoms with Crippen molar-refractivity contribution in [1.29, 1.82) is 0 Å². The topological polar surface area (TPSA) is 29.5 Å². The summed E-state index contributed by atoms with van der Waals surface area (Å²) in [6, 6.07) is 9.15. The molecule has 4 rings (SSSR count). The number of carbonyl (C=O) groups is 1. The molecule has 31 heavy (non-hydrogen) atoms. The van der Waals surface area contributed by atoms with E-state index in [-0.39, 0.29) is 11.7 Å². The second-order valence-corrected chi connectivity index (χ2v) is 7.91. The molecule has 1 heterocycles. The summed E-state index contributed by atoms with van der Waals surface area (Å²) in [6.07, 6.45) is 3.60. The third-order valence-electron chi connectivity index (χ3n) is 5.67. The Labute approximate surface area is 182 Å². The van der Waals surface area contributed by atoms with E-state index in [2.05, 4.69) is 0 Å².